The van der Waals surface area contributed by atoms with E-state index >= 15 is 0 Å². The molecule has 1 aromatic carbocycles. The van der Waals surface area contributed by atoms with Crippen molar-refractivity contribution in [3.63, 3.8) is 0 Å². The zero-order chi connectivity index (χ0) is 16.4. The lowest BCUT2D eigenvalue weighted by Crippen LogP contribution is -1.83. The van der Waals surface area contributed by atoms with Crippen molar-refractivity contribution in [1.29, 1.82) is 5.26 Å². The third-order valence-electron chi connectivity index (χ3n) is 2.95. The molecule has 0 saturated heterocycles. The molecule has 3 nitrogen and oxygen atoms in total. The van der Waals surface area contributed by atoms with Gasteiger partial charge in [0.05, 0.1) is 21.3 Å². The number of thiazole rings is 1. The minimum absolute atomic E-state index is 0.433. The van der Waals surface area contributed by atoms with Crippen LogP contribution in [0, 0.1) is 11.3 Å². The summed E-state index contributed by atoms with van der Waals surface area (Å²) in [5, 5.41) is 12.8. The summed E-state index contributed by atoms with van der Waals surface area (Å²) in [4.78, 5) is 4.50. The van der Waals surface area contributed by atoms with Gasteiger partial charge in [0.2, 0.25) is 0 Å². The normalized spacial score (nSPS) is 11.5. The molecule has 0 unspecified atom stereocenters. The molecule has 3 aromatic rings. The molecule has 0 bridgehead atoms. The summed E-state index contributed by atoms with van der Waals surface area (Å²) in [6.45, 7) is 0. The van der Waals surface area contributed by atoms with Crippen molar-refractivity contribution in [3.05, 3.63) is 61.2 Å². The van der Waals surface area contributed by atoms with Gasteiger partial charge in [-0.1, -0.05) is 29.3 Å². The third-order valence-corrected chi connectivity index (χ3v) is 4.99. The Kier molecular flexibility index (Phi) is 4.88. The first-order valence-corrected chi connectivity index (χ1v) is 8.78. The lowest BCUT2D eigenvalue weighted by Gasteiger charge is -1.99. The molecule has 114 valence electrons. The predicted octanol–water partition coefficient (Wildman–Crippen LogP) is 6.54. The summed E-state index contributed by atoms with van der Waals surface area (Å²) in [6.07, 6.45) is 1.65. The zero-order valence-corrected chi connectivity index (χ0v) is 15.3. The van der Waals surface area contributed by atoms with E-state index in [0.717, 1.165) is 11.3 Å². The Morgan fingerprint density at radius 3 is 2.74 bits per heavy atom. The molecule has 0 spiro atoms. The number of halogens is 3. The number of rotatable bonds is 3. The van der Waals surface area contributed by atoms with Gasteiger partial charge in [0.1, 0.15) is 16.8 Å². The molecule has 0 N–H and O–H groups in total. The SMILES string of the molecule is N#CC(=Cc1ccc(Br)o1)c1nc(-c2ccc(Cl)c(Cl)c2)cs1. The monoisotopic (exact) mass is 424 g/mol. The highest BCUT2D eigenvalue weighted by molar-refractivity contribution is 9.10. The van der Waals surface area contributed by atoms with E-state index in [1.54, 1.807) is 30.3 Å². The maximum absolute atomic E-state index is 9.36. The fraction of sp³-hybridized carbons (Fsp3) is 0. The highest BCUT2D eigenvalue weighted by atomic mass is 79.9. The van der Waals surface area contributed by atoms with Crippen LogP contribution in [0.4, 0.5) is 0 Å². The zero-order valence-electron chi connectivity index (χ0n) is 11.4. The Balaban J connectivity index is 1.95. The van der Waals surface area contributed by atoms with Crippen molar-refractivity contribution in [2.24, 2.45) is 0 Å². The van der Waals surface area contributed by atoms with Gasteiger partial charge in [-0.25, -0.2) is 4.98 Å². The van der Waals surface area contributed by atoms with Crippen molar-refractivity contribution in [1.82, 2.24) is 4.98 Å². The van der Waals surface area contributed by atoms with Gasteiger partial charge in [-0.05, 0) is 40.2 Å². The van der Waals surface area contributed by atoms with E-state index in [0.29, 0.717) is 31.1 Å². The van der Waals surface area contributed by atoms with E-state index in [4.69, 9.17) is 27.6 Å². The number of nitriles is 1. The summed E-state index contributed by atoms with van der Waals surface area (Å²) in [5.74, 6) is 0.583. The smallest absolute Gasteiger partial charge is 0.169 e. The number of aromatic nitrogens is 1. The maximum atomic E-state index is 9.36. The van der Waals surface area contributed by atoms with Crippen molar-refractivity contribution < 1.29 is 4.42 Å². The first-order valence-electron chi connectivity index (χ1n) is 6.35. The van der Waals surface area contributed by atoms with Crippen LogP contribution >= 0.6 is 50.5 Å². The van der Waals surface area contributed by atoms with Crippen LogP contribution in [-0.2, 0) is 0 Å². The van der Waals surface area contributed by atoms with Crippen molar-refractivity contribution in [3.8, 4) is 17.3 Å². The summed E-state index contributed by atoms with van der Waals surface area (Å²) >= 11 is 16.6. The lowest BCUT2D eigenvalue weighted by molar-refractivity contribution is 0.532. The molecule has 0 radical (unpaired) electrons. The second-order valence-corrected chi connectivity index (χ2v) is 6.93. The van der Waals surface area contributed by atoms with E-state index in [2.05, 4.69) is 27.0 Å². The molecule has 23 heavy (non-hydrogen) atoms. The molecule has 0 aliphatic rings. The highest BCUT2D eigenvalue weighted by Crippen LogP contribution is 2.31. The van der Waals surface area contributed by atoms with Gasteiger partial charge in [-0.3, -0.25) is 0 Å². The van der Waals surface area contributed by atoms with Crippen LogP contribution in [0.3, 0.4) is 0 Å². The van der Waals surface area contributed by atoms with Crippen LogP contribution < -0.4 is 0 Å². The molecule has 0 amide bonds. The van der Waals surface area contributed by atoms with E-state index < -0.39 is 0 Å². The summed E-state index contributed by atoms with van der Waals surface area (Å²) in [6, 6.07) is 11.0. The van der Waals surface area contributed by atoms with Gasteiger partial charge >= 0.3 is 0 Å². The minimum Gasteiger partial charge on any atom is -0.450 e. The van der Waals surface area contributed by atoms with E-state index in [1.807, 2.05) is 11.4 Å². The number of allylic oxidation sites excluding steroid dienone is 1. The molecule has 2 aromatic heterocycles. The summed E-state index contributed by atoms with van der Waals surface area (Å²) in [7, 11) is 0. The quantitative estimate of drug-likeness (QED) is 0.447. The Hall–Kier alpha value is -1.58. The molecule has 7 heteroatoms. The topological polar surface area (TPSA) is 49.8 Å². The molecule has 3 rings (SSSR count). The van der Waals surface area contributed by atoms with Gasteiger partial charge in [-0.2, -0.15) is 5.26 Å². The fourth-order valence-corrected chi connectivity index (χ4v) is 3.29. The number of furan rings is 1. The van der Waals surface area contributed by atoms with Crippen LogP contribution in [-0.4, -0.2) is 4.98 Å². The van der Waals surface area contributed by atoms with Crippen LogP contribution in [0.25, 0.3) is 22.9 Å². The number of nitrogens with zero attached hydrogens (tertiary/aromatic N) is 2. The van der Waals surface area contributed by atoms with Crippen LogP contribution in [0.1, 0.15) is 10.8 Å². The first kappa shape index (κ1) is 16.3. The fourth-order valence-electron chi connectivity index (χ4n) is 1.88. The average molecular weight is 426 g/mol. The minimum atomic E-state index is 0.433. The summed E-state index contributed by atoms with van der Waals surface area (Å²) < 4.78 is 6.00. The number of hydrogen-bond donors (Lipinski definition) is 0. The Bertz CT molecular complexity index is 940. The van der Waals surface area contributed by atoms with Crippen molar-refractivity contribution in [2.45, 2.75) is 0 Å². The second-order valence-electron chi connectivity index (χ2n) is 4.48. The Labute approximate surface area is 154 Å². The predicted molar refractivity (Wildman–Crippen MR) is 97.5 cm³/mol. The Morgan fingerprint density at radius 2 is 2.09 bits per heavy atom. The van der Waals surface area contributed by atoms with Gasteiger partial charge in [0.25, 0.3) is 0 Å². The standard InChI is InChI=1S/C16H7BrCl2N2OS/c17-15-4-2-11(22-15)5-10(7-20)16-21-14(8-23-16)9-1-3-12(18)13(19)6-9/h1-6,8H. The van der Waals surface area contributed by atoms with Crippen LogP contribution in [0.5, 0.6) is 0 Å². The molecular formula is C16H7BrCl2N2OS. The van der Waals surface area contributed by atoms with Gasteiger partial charge < -0.3 is 4.42 Å². The summed E-state index contributed by atoms with van der Waals surface area (Å²) in [5.41, 5.74) is 2.02. The molecule has 0 atom stereocenters. The first-order chi connectivity index (χ1) is 11.1. The lowest BCUT2D eigenvalue weighted by atomic mass is 10.2. The van der Waals surface area contributed by atoms with Crippen molar-refractivity contribution >= 4 is 62.1 Å². The molecule has 2 heterocycles. The molecule has 0 aliphatic heterocycles. The van der Waals surface area contributed by atoms with Gasteiger partial charge in [-0.15, -0.1) is 11.3 Å². The number of benzene rings is 1. The van der Waals surface area contributed by atoms with Crippen molar-refractivity contribution in [2.75, 3.05) is 0 Å². The van der Waals surface area contributed by atoms with Gasteiger partial charge in [0.15, 0.2) is 4.67 Å². The largest absolute Gasteiger partial charge is 0.450 e. The highest BCUT2D eigenvalue weighted by Gasteiger charge is 2.11. The molecule has 0 aliphatic carbocycles. The maximum Gasteiger partial charge on any atom is 0.169 e. The van der Waals surface area contributed by atoms with Crippen LogP contribution in [0.2, 0.25) is 10.0 Å². The average Bonchev–Trinajstić information content (AvgIpc) is 3.17. The van der Waals surface area contributed by atoms with E-state index in [-0.39, 0.29) is 0 Å². The van der Waals surface area contributed by atoms with Crippen LogP contribution in [0.15, 0.2) is 44.8 Å². The Morgan fingerprint density at radius 1 is 1.26 bits per heavy atom. The molecule has 0 fully saturated rings. The van der Waals surface area contributed by atoms with E-state index in [9.17, 15) is 5.26 Å². The molecular weight excluding hydrogens is 419 g/mol. The third kappa shape index (κ3) is 3.67. The molecule has 0 saturated carbocycles. The van der Waals surface area contributed by atoms with Gasteiger partial charge in [0, 0.05) is 17.0 Å². The van der Waals surface area contributed by atoms with E-state index in [1.165, 1.54) is 11.3 Å². The number of hydrogen-bond acceptors (Lipinski definition) is 4. The second kappa shape index (κ2) is 6.90.